The first-order valence-electron chi connectivity index (χ1n) is 9.43. The topological polar surface area (TPSA) is 84.9 Å². The highest BCUT2D eigenvalue weighted by atomic mass is 127. The van der Waals surface area contributed by atoms with E-state index in [1.165, 1.54) is 25.3 Å². The summed E-state index contributed by atoms with van der Waals surface area (Å²) >= 11 is 2.05. The van der Waals surface area contributed by atoms with E-state index in [4.69, 9.17) is 9.47 Å². The zero-order chi connectivity index (χ0) is 23.1. The third kappa shape index (κ3) is 6.07. The molecule has 3 aromatic rings. The van der Waals surface area contributed by atoms with Crippen LogP contribution in [0.25, 0.3) is 6.08 Å². The van der Waals surface area contributed by atoms with E-state index in [1.807, 2.05) is 0 Å². The SMILES string of the molecule is COc1cc(C=C(NC(=O)c2ccccc2)C(=O)O)cc(I)c1OCc1ccc(F)cc1. The van der Waals surface area contributed by atoms with E-state index in [0.717, 1.165) is 5.56 Å². The van der Waals surface area contributed by atoms with Crippen molar-refractivity contribution in [2.75, 3.05) is 7.11 Å². The number of hydrogen-bond donors (Lipinski definition) is 2. The molecule has 0 bridgehead atoms. The number of carboxylic acid groups (broad SMARTS) is 1. The van der Waals surface area contributed by atoms with Gasteiger partial charge < -0.3 is 19.9 Å². The number of ether oxygens (including phenoxy) is 2. The monoisotopic (exact) mass is 547 g/mol. The molecule has 0 heterocycles. The number of halogens is 2. The van der Waals surface area contributed by atoms with Crippen molar-refractivity contribution in [2.24, 2.45) is 0 Å². The van der Waals surface area contributed by atoms with Crippen LogP contribution in [-0.4, -0.2) is 24.1 Å². The Kier molecular flexibility index (Phi) is 7.82. The molecule has 0 fully saturated rings. The summed E-state index contributed by atoms with van der Waals surface area (Å²) in [5.74, 6) is -1.27. The van der Waals surface area contributed by atoms with Crippen LogP contribution in [0.2, 0.25) is 0 Å². The van der Waals surface area contributed by atoms with Gasteiger partial charge in [-0.3, -0.25) is 4.79 Å². The number of carboxylic acids is 1. The summed E-state index contributed by atoms with van der Waals surface area (Å²) in [7, 11) is 1.47. The van der Waals surface area contributed by atoms with Gasteiger partial charge in [-0.2, -0.15) is 0 Å². The van der Waals surface area contributed by atoms with Gasteiger partial charge in [-0.05, 0) is 76.2 Å². The average molecular weight is 547 g/mol. The number of hydrogen-bond acceptors (Lipinski definition) is 4. The van der Waals surface area contributed by atoms with Gasteiger partial charge in [0.2, 0.25) is 0 Å². The maximum atomic E-state index is 13.1. The molecule has 0 unspecified atom stereocenters. The Labute approximate surface area is 197 Å². The molecule has 32 heavy (non-hydrogen) atoms. The molecule has 6 nitrogen and oxygen atoms in total. The Morgan fingerprint density at radius 3 is 2.41 bits per heavy atom. The van der Waals surface area contributed by atoms with Crippen LogP contribution in [-0.2, 0) is 11.4 Å². The summed E-state index contributed by atoms with van der Waals surface area (Å²) in [6.45, 7) is 0.204. The van der Waals surface area contributed by atoms with Crippen LogP contribution in [0.1, 0.15) is 21.5 Å². The molecular formula is C24H19FINO5. The third-order valence-corrected chi connectivity index (χ3v) is 5.18. The molecule has 0 aromatic heterocycles. The number of aliphatic carboxylic acids is 1. The van der Waals surface area contributed by atoms with Crippen molar-refractivity contribution in [2.45, 2.75) is 6.61 Å². The second-order valence-corrected chi connectivity index (χ2v) is 7.79. The van der Waals surface area contributed by atoms with Crippen LogP contribution in [0.15, 0.2) is 72.4 Å². The van der Waals surface area contributed by atoms with Crippen molar-refractivity contribution in [1.82, 2.24) is 5.32 Å². The molecule has 2 N–H and O–H groups in total. The normalized spacial score (nSPS) is 11.0. The van der Waals surface area contributed by atoms with Gasteiger partial charge in [0.05, 0.1) is 10.7 Å². The van der Waals surface area contributed by atoms with Crippen LogP contribution >= 0.6 is 22.6 Å². The first kappa shape index (κ1) is 23.3. The number of nitrogens with one attached hydrogen (secondary N) is 1. The van der Waals surface area contributed by atoms with Gasteiger partial charge in [-0.1, -0.05) is 30.3 Å². The average Bonchev–Trinajstić information content (AvgIpc) is 2.79. The minimum Gasteiger partial charge on any atom is -0.493 e. The molecule has 0 atom stereocenters. The molecule has 0 aliphatic heterocycles. The van der Waals surface area contributed by atoms with Crippen molar-refractivity contribution in [3.8, 4) is 11.5 Å². The Morgan fingerprint density at radius 1 is 1.09 bits per heavy atom. The van der Waals surface area contributed by atoms with Gasteiger partial charge in [-0.25, -0.2) is 9.18 Å². The Hall–Kier alpha value is -3.40. The van der Waals surface area contributed by atoms with Gasteiger partial charge in [0.1, 0.15) is 18.1 Å². The summed E-state index contributed by atoms with van der Waals surface area (Å²) in [6.07, 6.45) is 1.34. The molecule has 0 saturated heterocycles. The lowest BCUT2D eigenvalue weighted by Gasteiger charge is -2.14. The predicted octanol–water partition coefficient (Wildman–Crippen LogP) is 4.87. The van der Waals surface area contributed by atoms with E-state index in [2.05, 4.69) is 27.9 Å². The first-order chi connectivity index (χ1) is 15.4. The summed E-state index contributed by atoms with van der Waals surface area (Å²) in [5, 5.41) is 12.0. The van der Waals surface area contributed by atoms with E-state index in [1.54, 1.807) is 54.6 Å². The molecule has 3 aromatic carbocycles. The molecule has 3 rings (SSSR count). The highest BCUT2D eigenvalue weighted by Crippen LogP contribution is 2.35. The first-order valence-corrected chi connectivity index (χ1v) is 10.5. The Balaban J connectivity index is 1.83. The van der Waals surface area contributed by atoms with Crippen LogP contribution in [0.5, 0.6) is 11.5 Å². The van der Waals surface area contributed by atoms with Gasteiger partial charge in [0, 0.05) is 5.56 Å². The number of carbonyl (C=O) groups is 2. The summed E-state index contributed by atoms with van der Waals surface area (Å²) in [5.41, 5.74) is 1.35. The zero-order valence-corrected chi connectivity index (χ0v) is 19.1. The van der Waals surface area contributed by atoms with Crippen molar-refractivity contribution >= 4 is 40.5 Å². The van der Waals surface area contributed by atoms with Crippen molar-refractivity contribution in [1.29, 1.82) is 0 Å². The fraction of sp³-hybridized carbons (Fsp3) is 0.0833. The van der Waals surface area contributed by atoms with E-state index in [-0.39, 0.29) is 18.1 Å². The van der Waals surface area contributed by atoms with E-state index in [0.29, 0.717) is 26.2 Å². The molecule has 0 radical (unpaired) electrons. The Morgan fingerprint density at radius 2 is 1.78 bits per heavy atom. The fourth-order valence-corrected chi connectivity index (χ4v) is 3.58. The minimum atomic E-state index is -1.28. The highest BCUT2D eigenvalue weighted by molar-refractivity contribution is 14.1. The van der Waals surface area contributed by atoms with Crippen molar-refractivity contribution < 1.29 is 28.6 Å². The third-order valence-electron chi connectivity index (χ3n) is 4.37. The number of benzene rings is 3. The van der Waals surface area contributed by atoms with Gasteiger partial charge in [0.25, 0.3) is 5.91 Å². The quantitative estimate of drug-likeness (QED) is 0.311. The smallest absolute Gasteiger partial charge is 0.352 e. The van der Waals surface area contributed by atoms with Gasteiger partial charge in [0.15, 0.2) is 11.5 Å². The van der Waals surface area contributed by atoms with Crippen molar-refractivity contribution in [3.05, 3.63) is 98.5 Å². The van der Waals surface area contributed by atoms with Crippen molar-refractivity contribution in [3.63, 3.8) is 0 Å². The molecule has 1 amide bonds. The van der Waals surface area contributed by atoms with Crippen LogP contribution in [0.3, 0.4) is 0 Å². The zero-order valence-electron chi connectivity index (χ0n) is 17.0. The molecule has 8 heteroatoms. The summed E-state index contributed by atoms with van der Waals surface area (Å²) < 4.78 is 25.0. The largest absolute Gasteiger partial charge is 0.493 e. The van der Waals surface area contributed by atoms with E-state index in [9.17, 15) is 19.1 Å². The molecule has 0 aliphatic carbocycles. The number of rotatable bonds is 8. The summed E-state index contributed by atoms with van der Waals surface area (Å²) in [6, 6.07) is 17.6. The number of amides is 1. The fourth-order valence-electron chi connectivity index (χ4n) is 2.80. The maximum absolute atomic E-state index is 13.1. The maximum Gasteiger partial charge on any atom is 0.352 e. The number of carbonyl (C=O) groups excluding carboxylic acids is 1. The Bertz CT molecular complexity index is 1150. The van der Waals surface area contributed by atoms with Crippen LogP contribution in [0.4, 0.5) is 4.39 Å². The lowest BCUT2D eigenvalue weighted by Crippen LogP contribution is -2.27. The van der Waals surface area contributed by atoms with Crippen LogP contribution < -0.4 is 14.8 Å². The second-order valence-electron chi connectivity index (χ2n) is 6.63. The van der Waals surface area contributed by atoms with Gasteiger partial charge >= 0.3 is 5.97 Å². The second kappa shape index (κ2) is 10.8. The molecular weight excluding hydrogens is 528 g/mol. The van der Waals surface area contributed by atoms with E-state index < -0.39 is 11.9 Å². The standard InChI is InChI=1S/C24H19FINO5/c1-31-21-13-16(11-19(26)22(21)32-14-15-7-9-18(25)10-8-15)12-20(24(29)30)27-23(28)17-5-3-2-4-6-17/h2-13H,14H2,1H3,(H,27,28)(H,29,30). The van der Waals surface area contributed by atoms with Gasteiger partial charge in [-0.15, -0.1) is 0 Å². The lowest BCUT2D eigenvalue weighted by molar-refractivity contribution is -0.132. The number of methoxy groups -OCH3 is 1. The molecule has 164 valence electrons. The van der Waals surface area contributed by atoms with E-state index >= 15 is 0 Å². The minimum absolute atomic E-state index is 0.204. The summed E-state index contributed by atoms with van der Waals surface area (Å²) in [4.78, 5) is 24.0. The highest BCUT2D eigenvalue weighted by Gasteiger charge is 2.16. The predicted molar refractivity (Wildman–Crippen MR) is 126 cm³/mol. The molecule has 0 aliphatic rings. The molecule has 0 saturated carbocycles. The lowest BCUT2D eigenvalue weighted by atomic mass is 10.1. The molecule has 0 spiro atoms. The van der Waals surface area contributed by atoms with Crippen LogP contribution in [0, 0.1) is 9.39 Å².